The first kappa shape index (κ1) is 16.2. The molecule has 0 amide bonds. The van der Waals surface area contributed by atoms with Crippen LogP contribution >= 0.6 is 11.6 Å². The van der Waals surface area contributed by atoms with E-state index in [0.717, 1.165) is 31.9 Å². The summed E-state index contributed by atoms with van der Waals surface area (Å²) in [5, 5.41) is 0. The van der Waals surface area contributed by atoms with Crippen LogP contribution < -0.4 is 0 Å². The Kier molecular flexibility index (Phi) is 15.5. The molecule has 2 heteroatoms. The quantitative estimate of drug-likeness (QED) is 0.323. The van der Waals surface area contributed by atoms with Crippen LogP contribution in [0.5, 0.6) is 0 Å². The van der Waals surface area contributed by atoms with Crippen LogP contribution in [0, 0.1) is 0 Å². The van der Waals surface area contributed by atoms with Gasteiger partial charge >= 0.3 is 0 Å². The first-order valence-corrected chi connectivity index (χ1v) is 7.59. The lowest BCUT2D eigenvalue weighted by Crippen LogP contribution is -1.97. The fourth-order valence-electron chi connectivity index (χ4n) is 1.74. The van der Waals surface area contributed by atoms with Gasteiger partial charge in [-0.05, 0) is 19.3 Å². The number of unbranched alkanes of at least 4 members (excludes halogenated alkanes) is 8. The van der Waals surface area contributed by atoms with E-state index in [2.05, 4.69) is 6.92 Å². The zero-order valence-corrected chi connectivity index (χ0v) is 11.7. The van der Waals surface area contributed by atoms with Gasteiger partial charge in [-0.2, -0.15) is 0 Å². The zero-order chi connectivity index (χ0) is 11.9. The summed E-state index contributed by atoms with van der Waals surface area (Å²) in [7, 11) is 0. The number of rotatable bonds is 13. The van der Waals surface area contributed by atoms with Gasteiger partial charge in [0.25, 0.3) is 0 Å². The molecule has 0 fully saturated rings. The van der Waals surface area contributed by atoms with E-state index in [1.807, 2.05) is 0 Å². The van der Waals surface area contributed by atoms with Crippen molar-refractivity contribution < 1.29 is 4.74 Å². The molecule has 0 unspecified atom stereocenters. The minimum atomic E-state index is 0.765. The fraction of sp³-hybridized carbons (Fsp3) is 1.00. The Morgan fingerprint density at radius 1 is 0.688 bits per heavy atom. The third-order valence-corrected chi connectivity index (χ3v) is 3.08. The monoisotopic (exact) mass is 248 g/mol. The second-order valence-electron chi connectivity index (χ2n) is 4.48. The van der Waals surface area contributed by atoms with Gasteiger partial charge in [0.05, 0.1) is 0 Å². The standard InChI is InChI=1S/C14H29ClO/c1-2-3-4-5-6-7-8-10-13-16-14-11-9-12-15/h2-14H2,1H3. The molecule has 0 atom stereocenters. The molecule has 1 nitrogen and oxygen atoms in total. The van der Waals surface area contributed by atoms with Crippen LogP contribution in [0.1, 0.15) is 71.1 Å². The molecule has 0 aliphatic carbocycles. The Morgan fingerprint density at radius 3 is 1.75 bits per heavy atom. The normalized spacial score (nSPS) is 10.9. The van der Waals surface area contributed by atoms with Crippen molar-refractivity contribution in [3.8, 4) is 0 Å². The van der Waals surface area contributed by atoms with Crippen LogP contribution in [0.3, 0.4) is 0 Å². The van der Waals surface area contributed by atoms with Gasteiger partial charge in [-0.1, -0.05) is 51.9 Å². The minimum Gasteiger partial charge on any atom is -0.381 e. The van der Waals surface area contributed by atoms with Crippen molar-refractivity contribution in [2.75, 3.05) is 19.1 Å². The van der Waals surface area contributed by atoms with E-state index in [0.29, 0.717) is 0 Å². The number of hydrogen-bond acceptors (Lipinski definition) is 1. The average Bonchev–Trinajstić information content (AvgIpc) is 2.31. The number of hydrogen-bond donors (Lipinski definition) is 0. The summed E-state index contributed by atoms with van der Waals surface area (Å²) in [5.74, 6) is 0.765. The van der Waals surface area contributed by atoms with Crippen molar-refractivity contribution in [3.05, 3.63) is 0 Å². The van der Waals surface area contributed by atoms with Gasteiger partial charge in [-0.15, -0.1) is 11.6 Å². The van der Waals surface area contributed by atoms with Crippen molar-refractivity contribution in [1.82, 2.24) is 0 Å². The van der Waals surface area contributed by atoms with Gasteiger partial charge in [0.1, 0.15) is 0 Å². The molecule has 0 N–H and O–H groups in total. The second-order valence-corrected chi connectivity index (χ2v) is 4.86. The first-order chi connectivity index (χ1) is 7.91. The lowest BCUT2D eigenvalue weighted by Gasteiger charge is -2.03. The summed E-state index contributed by atoms with van der Waals surface area (Å²) in [4.78, 5) is 0. The lowest BCUT2D eigenvalue weighted by atomic mass is 10.1. The largest absolute Gasteiger partial charge is 0.381 e. The highest BCUT2D eigenvalue weighted by molar-refractivity contribution is 6.17. The van der Waals surface area contributed by atoms with Gasteiger partial charge in [-0.3, -0.25) is 0 Å². The van der Waals surface area contributed by atoms with Crippen molar-refractivity contribution in [1.29, 1.82) is 0 Å². The van der Waals surface area contributed by atoms with Crippen LogP contribution in [0.15, 0.2) is 0 Å². The van der Waals surface area contributed by atoms with Crippen molar-refractivity contribution in [2.24, 2.45) is 0 Å². The Bertz CT molecular complexity index is 103. The molecular weight excluding hydrogens is 220 g/mol. The third-order valence-electron chi connectivity index (χ3n) is 2.81. The molecule has 0 radical (unpaired) electrons. The van der Waals surface area contributed by atoms with Crippen LogP contribution in [0.25, 0.3) is 0 Å². The average molecular weight is 249 g/mol. The molecule has 0 heterocycles. The Hall–Kier alpha value is 0.250. The molecule has 0 aliphatic rings. The molecule has 16 heavy (non-hydrogen) atoms. The summed E-state index contributed by atoms with van der Waals surface area (Å²) >= 11 is 5.58. The molecule has 0 spiro atoms. The SMILES string of the molecule is CCCCCCCCCCOCCCCCl. The van der Waals surface area contributed by atoms with Crippen molar-refractivity contribution in [3.63, 3.8) is 0 Å². The maximum Gasteiger partial charge on any atom is 0.0466 e. The maximum atomic E-state index is 5.58. The molecule has 0 bridgehead atoms. The van der Waals surface area contributed by atoms with E-state index in [4.69, 9.17) is 16.3 Å². The third kappa shape index (κ3) is 14.2. The second kappa shape index (κ2) is 15.2. The Balaban J connectivity index is 2.83. The van der Waals surface area contributed by atoms with E-state index in [1.54, 1.807) is 0 Å². The van der Waals surface area contributed by atoms with Gasteiger partial charge in [-0.25, -0.2) is 0 Å². The van der Waals surface area contributed by atoms with Crippen LogP contribution in [0.4, 0.5) is 0 Å². The molecule has 0 aromatic carbocycles. The molecule has 0 aromatic rings. The highest BCUT2D eigenvalue weighted by Gasteiger charge is 1.92. The lowest BCUT2D eigenvalue weighted by molar-refractivity contribution is 0.127. The number of halogens is 1. The summed E-state index contributed by atoms with van der Waals surface area (Å²) in [5.41, 5.74) is 0. The van der Waals surface area contributed by atoms with Crippen molar-refractivity contribution in [2.45, 2.75) is 71.1 Å². The summed E-state index contributed by atoms with van der Waals surface area (Å²) < 4.78 is 5.52. The molecular formula is C14H29ClO. The molecule has 98 valence electrons. The smallest absolute Gasteiger partial charge is 0.0466 e. The number of ether oxygens (including phenoxy) is 1. The molecule has 0 saturated heterocycles. The van der Waals surface area contributed by atoms with Crippen LogP contribution in [-0.4, -0.2) is 19.1 Å². The van der Waals surface area contributed by atoms with Crippen molar-refractivity contribution >= 4 is 11.6 Å². The fourth-order valence-corrected chi connectivity index (χ4v) is 1.93. The molecule has 0 aliphatic heterocycles. The van der Waals surface area contributed by atoms with E-state index in [9.17, 15) is 0 Å². The molecule has 0 rings (SSSR count). The highest BCUT2D eigenvalue weighted by Crippen LogP contribution is 2.08. The molecule has 0 saturated carbocycles. The van der Waals surface area contributed by atoms with Gasteiger partial charge < -0.3 is 4.74 Å². The highest BCUT2D eigenvalue weighted by atomic mass is 35.5. The Morgan fingerprint density at radius 2 is 1.19 bits per heavy atom. The van der Waals surface area contributed by atoms with E-state index in [1.165, 1.54) is 51.4 Å². The van der Waals surface area contributed by atoms with Gasteiger partial charge in [0.15, 0.2) is 0 Å². The topological polar surface area (TPSA) is 9.23 Å². The summed E-state index contributed by atoms with van der Waals surface area (Å²) in [6.45, 7) is 4.10. The van der Waals surface area contributed by atoms with Gasteiger partial charge in [0.2, 0.25) is 0 Å². The van der Waals surface area contributed by atoms with Crippen LogP contribution in [0.2, 0.25) is 0 Å². The minimum absolute atomic E-state index is 0.765. The predicted octanol–water partition coefficient (Wildman–Crippen LogP) is 5.16. The maximum absolute atomic E-state index is 5.58. The van der Waals surface area contributed by atoms with Gasteiger partial charge in [0, 0.05) is 19.1 Å². The van der Waals surface area contributed by atoms with Crippen LogP contribution in [-0.2, 0) is 4.74 Å². The molecule has 0 aromatic heterocycles. The van der Waals surface area contributed by atoms with E-state index in [-0.39, 0.29) is 0 Å². The summed E-state index contributed by atoms with van der Waals surface area (Å²) in [6, 6.07) is 0. The zero-order valence-electron chi connectivity index (χ0n) is 11.0. The Labute approximate surface area is 107 Å². The predicted molar refractivity (Wildman–Crippen MR) is 73.4 cm³/mol. The van der Waals surface area contributed by atoms with E-state index < -0.39 is 0 Å². The first-order valence-electron chi connectivity index (χ1n) is 7.05. The number of alkyl halides is 1. The van der Waals surface area contributed by atoms with E-state index >= 15 is 0 Å². The summed E-state index contributed by atoms with van der Waals surface area (Å²) in [6.07, 6.45) is 13.1.